The Kier molecular flexibility index (Phi) is 12.8. The molecule has 0 saturated carbocycles. The van der Waals surface area contributed by atoms with Crippen molar-refractivity contribution >= 4 is 40.6 Å². The summed E-state index contributed by atoms with van der Waals surface area (Å²) in [6, 6.07) is 5.49. The largest absolute Gasteiger partial charge is 0.492 e. The molecule has 0 fully saturated rings. The maximum absolute atomic E-state index is 13.0. The van der Waals surface area contributed by atoms with E-state index in [2.05, 4.69) is 41.8 Å². The molecule has 0 spiro atoms. The number of fused-ring (bicyclic) bond motifs is 1. The molecule has 0 aliphatic carbocycles. The molecule has 3 aromatic rings. The number of aromatic hydroxyl groups is 1. The van der Waals surface area contributed by atoms with Crippen molar-refractivity contribution in [2.75, 3.05) is 44.0 Å². The second-order valence-corrected chi connectivity index (χ2v) is 10.7. The van der Waals surface area contributed by atoms with Gasteiger partial charge in [0.1, 0.15) is 18.2 Å². The minimum absolute atomic E-state index is 0.0206. The minimum Gasteiger partial charge on any atom is -0.492 e. The monoisotopic (exact) mass is 622 g/mol. The Labute approximate surface area is 260 Å². The van der Waals surface area contributed by atoms with Gasteiger partial charge in [0.2, 0.25) is 17.7 Å². The van der Waals surface area contributed by atoms with Gasteiger partial charge in [-0.2, -0.15) is 9.97 Å². The summed E-state index contributed by atoms with van der Waals surface area (Å²) >= 11 is 0. The third-order valence-corrected chi connectivity index (χ3v) is 5.86. The van der Waals surface area contributed by atoms with Crippen LogP contribution in [0.25, 0.3) is 11.2 Å². The van der Waals surface area contributed by atoms with Crippen LogP contribution in [0.3, 0.4) is 0 Å². The van der Waals surface area contributed by atoms with E-state index >= 15 is 0 Å². The van der Waals surface area contributed by atoms with E-state index in [-0.39, 0.29) is 68.0 Å². The Balaban J connectivity index is 1.52. The fraction of sp³-hybridized carbons (Fsp3) is 0.433. The zero-order valence-corrected chi connectivity index (χ0v) is 25.5. The fourth-order valence-electron chi connectivity index (χ4n) is 3.80. The minimum atomic E-state index is -1.05. The van der Waals surface area contributed by atoms with E-state index in [1.54, 1.807) is 45.0 Å². The van der Waals surface area contributed by atoms with Gasteiger partial charge in [-0.3, -0.25) is 9.59 Å². The molecule has 240 valence electrons. The lowest BCUT2D eigenvalue weighted by atomic mass is 10.1. The van der Waals surface area contributed by atoms with Gasteiger partial charge in [-0.15, -0.1) is 6.42 Å². The lowest BCUT2D eigenvalue weighted by Crippen LogP contribution is -2.45. The van der Waals surface area contributed by atoms with Crippen LogP contribution in [-0.4, -0.2) is 87.4 Å². The smallest absolute Gasteiger partial charge is 0.329 e. The standard InChI is InChI=1S/C30H38N8O7/c1-5-13-43-15-16-44-14-12-32-23(39)11-10-22(28(42)45-30(2,3)4)36-26(40)19-6-8-20(9-7-19)33-17-21-18-34-25-24(35-21)27(41)38-29(31)37-25/h1,6-9,18,22,33H,10-17H2,2-4H3,(H,32,39)(H,36,40)(H3,31,34,37,38,41)/t22-/m0/s1. The van der Waals surface area contributed by atoms with Gasteiger partial charge >= 0.3 is 5.97 Å². The van der Waals surface area contributed by atoms with E-state index in [1.807, 2.05) is 0 Å². The molecule has 15 heteroatoms. The molecule has 2 aromatic heterocycles. The number of carbonyl (C=O) groups excluding carboxylic acids is 3. The number of carbonyl (C=O) groups is 3. The van der Waals surface area contributed by atoms with Crippen molar-refractivity contribution in [1.82, 2.24) is 30.6 Å². The first-order valence-corrected chi connectivity index (χ1v) is 14.2. The zero-order valence-electron chi connectivity index (χ0n) is 25.5. The van der Waals surface area contributed by atoms with Crippen LogP contribution in [0.5, 0.6) is 5.88 Å². The van der Waals surface area contributed by atoms with Crippen molar-refractivity contribution in [3.8, 4) is 18.2 Å². The molecular weight excluding hydrogens is 584 g/mol. The average Bonchev–Trinajstić information content (AvgIpc) is 2.98. The molecule has 1 aromatic carbocycles. The highest BCUT2D eigenvalue weighted by Gasteiger charge is 2.27. The molecular formula is C30H38N8O7. The lowest BCUT2D eigenvalue weighted by Gasteiger charge is -2.24. The van der Waals surface area contributed by atoms with Gasteiger partial charge in [-0.1, -0.05) is 5.92 Å². The third kappa shape index (κ3) is 11.9. The van der Waals surface area contributed by atoms with Crippen molar-refractivity contribution < 1.29 is 33.7 Å². The summed E-state index contributed by atoms with van der Waals surface area (Å²) in [5.41, 5.74) is 6.52. The van der Waals surface area contributed by atoms with Crippen molar-refractivity contribution in [2.24, 2.45) is 0 Å². The SMILES string of the molecule is C#CCOCCOCCNC(=O)CC[C@H](NC(=O)c1ccc(NCc2cnc3nc(N)nc(O)c3n2)cc1)C(=O)OC(C)(C)C. The number of hydrogen-bond donors (Lipinski definition) is 5. The summed E-state index contributed by atoms with van der Waals surface area (Å²) < 4.78 is 15.9. The van der Waals surface area contributed by atoms with Gasteiger partial charge in [0.25, 0.3) is 5.91 Å². The molecule has 6 N–H and O–H groups in total. The average molecular weight is 623 g/mol. The summed E-state index contributed by atoms with van der Waals surface area (Å²) in [5, 5.41) is 18.5. The highest BCUT2D eigenvalue weighted by Crippen LogP contribution is 2.19. The van der Waals surface area contributed by atoms with E-state index in [9.17, 15) is 19.5 Å². The molecule has 0 unspecified atom stereocenters. The van der Waals surface area contributed by atoms with Gasteiger partial charge < -0.3 is 41.0 Å². The Hall–Kier alpha value is -5.07. The summed E-state index contributed by atoms with van der Waals surface area (Å²) in [5.74, 6) is 0.430. The summed E-state index contributed by atoms with van der Waals surface area (Å²) in [6.07, 6.45) is 6.61. The highest BCUT2D eigenvalue weighted by molar-refractivity contribution is 5.97. The van der Waals surface area contributed by atoms with Crippen LogP contribution < -0.4 is 21.7 Å². The van der Waals surface area contributed by atoms with E-state index in [1.165, 1.54) is 6.20 Å². The molecule has 0 aliphatic rings. The molecule has 0 saturated heterocycles. The second-order valence-electron chi connectivity index (χ2n) is 10.7. The van der Waals surface area contributed by atoms with Crippen LogP contribution in [0.1, 0.15) is 49.7 Å². The number of anilines is 2. The number of nitrogens with one attached hydrogen (secondary N) is 3. The first kappa shape index (κ1) is 34.4. The maximum Gasteiger partial charge on any atom is 0.329 e. The van der Waals surface area contributed by atoms with Crippen LogP contribution in [0.4, 0.5) is 11.6 Å². The Morgan fingerprint density at radius 1 is 1.07 bits per heavy atom. The number of nitrogen functional groups attached to an aromatic ring is 1. The van der Waals surface area contributed by atoms with Crippen LogP contribution in [-0.2, 0) is 30.3 Å². The predicted octanol–water partition coefficient (Wildman–Crippen LogP) is 1.32. The van der Waals surface area contributed by atoms with Crippen molar-refractivity contribution in [3.05, 3.63) is 41.7 Å². The van der Waals surface area contributed by atoms with Crippen LogP contribution in [0.2, 0.25) is 0 Å². The van der Waals surface area contributed by atoms with Gasteiger partial charge in [-0.25, -0.2) is 14.8 Å². The van der Waals surface area contributed by atoms with Crippen LogP contribution >= 0.6 is 0 Å². The van der Waals surface area contributed by atoms with Crippen molar-refractivity contribution in [1.29, 1.82) is 0 Å². The molecule has 1 atom stereocenters. The van der Waals surface area contributed by atoms with E-state index in [0.717, 1.165) is 0 Å². The number of hydrogen-bond acceptors (Lipinski definition) is 13. The maximum atomic E-state index is 13.0. The Morgan fingerprint density at radius 2 is 1.80 bits per heavy atom. The highest BCUT2D eigenvalue weighted by atomic mass is 16.6. The topological polar surface area (TPSA) is 213 Å². The Bertz CT molecular complexity index is 1500. The number of ether oxygens (including phenoxy) is 3. The molecule has 15 nitrogen and oxygen atoms in total. The molecule has 45 heavy (non-hydrogen) atoms. The van der Waals surface area contributed by atoms with Crippen LogP contribution in [0, 0.1) is 12.3 Å². The number of esters is 1. The van der Waals surface area contributed by atoms with E-state index in [0.29, 0.717) is 30.2 Å². The van der Waals surface area contributed by atoms with Crippen molar-refractivity contribution in [2.45, 2.75) is 51.8 Å². The van der Waals surface area contributed by atoms with E-state index < -0.39 is 23.5 Å². The van der Waals surface area contributed by atoms with Gasteiger partial charge in [0.05, 0.1) is 38.3 Å². The fourth-order valence-corrected chi connectivity index (χ4v) is 3.80. The van der Waals surface area contributed by atoms with Gasteiger partial charge in [0.15, 0.2) is 11.2 Å². The number of amides is 2. The first-order chi connectivity index (χ1) is 21.4. The Morgan fingerprint density at radius 3 is 2.51 bits per heavy atom. The summed E-state index contributed by atoms with van der Waals surface area (Å²) in [4.78, 5) is 54.4. The van der Waals surface area contributed by atoms with Crippen molar-refractivity contribution in [3.63, 3.8) is 0 Å². The number of nitrogens with zero attached hydrogens (tertiary/aromatic N) is 4. The molecule has 3 rings (SSSR count). The van der Waals surface area contributed by atoms with Crippen LogP contribution in [0.15, 0.2) is 30.5 Å². The van der Waals surface area contributed by atoms with E-state index in [4.69, 9.17) is 26.4 Å². The van der Waals surface area contributed by atoms with Gasteiger partial charge in [0, 0.05) is 24.2 Å². The van der Waals surface area contributed by atoms with Gasteiger partial charge in [-0.05, 0) is 51.5 Å². The molecule has 0 bridgehead atoms. The molecule has 0 radical (unpaired) electrons. The quantitative estimate of drug-likeness (QED) is 0.0867. The molecule has 0 aliphatic heterocycles. The third-order valence-electron chi connectivity index (χ3n) is 5.86. The molecule has 2 heterocycles. The number of benzene rings is 1. The summed E-state index contributed by atoms with van der Waals surface area (Å²) in [6.45, 7) is 6.88. The summed E-state index contributed by atoms with van der Waals surface area (Å²) in [7, 11) is 0. The number of aromatic nitrogens is 4. The predicted molar refractivity (Wildman–Crippen MR) is 165 cm³/mol. The number of terminal acetylenes is 1. The molecule has 2 amide bonds. The first-order valence-electron chi connectivity index (χ1n) is 14.2. The number of nitrogens with two attached hydrogens (primary N) is 1. The lowest BCUT2D eigenvalue weighted by molar-refractivity contribution is -0.157. The number of rotatable bonds is 16. The second kappa shape index (κ2) is 16.7. The zero-order chi connectivity index (χ0) is 32.8. The normalized spacial score (nSPS) is 11.8.